The third-order valence-corrected chi connectivity index (χ3v) is 5.49. The first-order valence-electron chi connectivity index (χ1n) is 9.43. The minimum absolute atomic E-state index is 0.0524. The number of thiocarbonyl (C=S) groups is 1. The summed E-state index contributed by atoms with van der Waals surface area (Å²) in [6.45, 7) is 0. The van der Waals surface area contributed by atoms with Crippen molar-refractivity contribution in [1.29, 1.82) is 0 Å². The lowest BCUT2D eigenvalue weighted by molar-refractivity contribution is 0.0923. The molecular formula is C23H16BrN3O4S. The van der Waals surface area contributed by atoms with Crippen molar-refractivity contribution in [3.8, 4) is 5.75 Å². The smallest absolute Gasteiger partial charge is 0.266 e. The van der Waals surface area contributed by atoms with E-state index >= 15 is 0 Å². The van der Waals surface area contributed by atoms with Gasteiger partial charge in [0.05, 0.1) is 29.5 Å². The number of methoxy groups -OCH3 is 1. The molecule has 3 aromatic carbocycles. The minimum atomic E-state index is -0.447. The number of ether oxygens (including phenoxy) is 1. The van der Waals surface area contributed by atoms with Crippen LogP contribution >= 0.6 is 28.1 Å². The van der Waals surface area contributed by atoms with E-state index in [1.807, 2.05) is 0 Å². The Morgan fingerprint density at radius 2 is 1.66 bits per heavy atom. The van der Waals surface area contributed by atoms with E-state index in [1.165, 1.54) is 7.11 Å². The molecule has 1 heterocycles. The Hall–Kier alpha value is -3.56. The third kappa shape index (κ3) is 4.12. The number of carbonyl (C=O) groups excluding carboxylic acids is 3. The highest BCUT2D eigenvalue weighted by molar-refractivity contribution is 9.10. The number of amides is 3. The molecule has 7 nitrogen and oxygen atoms in total. The van der Waals surface area contributed by atoms with Crippen LogP contribution < -0.4 is 20.3 Å². The number of carbonyl (C=O) groups is 3. The molecule has 3 aromatic rings. The fraction of sp³-hybridized carbons (Fsp3) is 0.0435. The number of benzene rings is 3. The lowest BCUT2D eigenvalue weighted by atomic mass is 10.1. The molecule has 0 aromatic heterocycles. The second-order valence-electron chi connectivity index (χ2n) is 6.79. The van der Waals surface area contributed by atoms with Crippen LogP contribution in [0.25, 0.3) is 0 Å². The molecule has 4 rings (SSSR count). The van der Waals surface area contributed by atoms with Crippen molar-refractivity contribution in [2.45, 2.75) is 0 Å². The van der Waals surface area contributed by atoms with Crippen LogP contribution in [0, 0.1) is 0 Å². The third-order valence-electron chi connectivity index (χ3n) is 4.79. The van der Waals surface area contributed by atoms with Crippen molar-refractivity contribution >= 4 is 62.4 Å². The zero-order chi connectivity index (χ0) is 22.8. The van der Waals surface area contributed by atoms with Gasteiger partial charge in [0.1, 0.15) is 5.75 Å². The van der Waals surface area contributed by atoms with Crippen LogP contribution in [-0.4, -0.2) is 29.9 Å². The van der Waals surface area contributed by atoms with Gasteiger partial charge in [-0.2, -0.15) is 0 Å². The van der Waals surface area contributed by atoms with E-state index in [4.69, 9.17) is 17.0 Å². The SMILES string of the molecule is COc1ccc(Br)cc1C(=O)NC(=S)Nc1cccc(N2C(=O)c3ccccc3C2=O)c1. The van der Waals surface area contributed by atoms with Gasteiger partial charge in [-0.15, -0.1) is 0 Å². The van der Waals surface area contributed by atoms with Gasteiger partial charge >= 0.3 is 0 Å². The van der Waals surface area contributed by atoms with Gasteiger partial charge < -0.3 is 10.1 Å². The van der Waals surface area contributed by atoms with Gasteiger partial charge in [0.15, 0.2) is 5.11 Å². The summed E-state index contributed by atoms with van der Waals surface area (Å²) in [5.74, 6) is -0.820. The lowest BCUT2D eigenvalue weighted by Gasteiger charge is -2.16. The number of halogens is 1. The minimum Gasteiger partial charge on any atom is -0.496 e. The van der Waals surface area contributed by atoms with E-state index in [9.17, 15) is 14.4 Å². The van der Waals surface area contributed by atoms with E-state index in [0.717, 1.165) is 9.37 Å². The van der Waals surface area contributed by atoms with Crippen LogP contribution in [0.2, 0.25) is 0 Å². The molecule has 160 valence electrons. The summed E-state index contributed by atoms with van der Waals surface area (Å²) in [7, 11) is 1.47. The maximum Gasteiger partial charge on any atom is 0.266 e. The number of nitrogens with zero attached hydrogens (tertiary/aromatic N) is 1. The molecule has 3 amide bonds. The van der Waals surface area contributed by atoms with Crippen LogP contribution in [0.3, 0.4) is 0 Å². The number of anilines is 2. The van der Waals surface area contributed by atoms with Gasteiger partial charge in [0, 0.05) is 10.2 Å². The van der Waals surface area contributed by atoms with Crippen molar-refractivity contribution in [3.05, 3.63) is 87.9 Å². The lowest BCUT2D eigenvalue weighted by Crippen LogP contribution is -2.34. The molecule has 0 fully saturated rings. The molecule has 0 bridgehead atoms. The Morgan fingerprint density at radius 1 is 0.969 bits per heavy atom. The van der Waals surface area contributed by atoms with Crippen molar-refractivity contribution in [2.24, 2.45) is 0 Å². The van der Waals surface area contributed by atoms with Gasteiger partial charge in [0.2, 0.25) is 0 Å². The van der Waals surface area contributed by atoms with E-state index in [-0.39, 0.29) is 16.9 Å². The molecule has 0 unspecified atom stereocenters. The highest BCUT2D eigenvalue weighted by Gasteiger charge is 2.36. The zero-order valence-corrected chi connectivity index (χ0v) is 19.1. The van der Waals surface area contributed by atoms with Crippen molar-refractivity contribution in [2.75, 3.05) is 17.3 Å². The Kier molecular flexibility index (Phi) is 6.02. The van der Waals surface area contributed by atoms with Crippen LogP contribution in [0.4, 0.5) is 11.4 Å². The van der Waals surface area contributed by atoms with E-state index in [0.29, 0.717) is 33.8 Å². The number of rotatable bonds is 4. The number of hydrogen-bond donors (Lipinski definition) is 2. The topological polar surface area (TPSA) is 87.7 Å². The van der Waals surface area contributed by atoms with Crippen molar-refractivity contribution < 1.29 is 19.1 Å². The van der Waals surface area contributed by atoms with Crippen LogP contribution in [0.1, 0.15) is 31.1 Å². The first-order valence-corrected chi connectivity index (χ1v) is 10.6. The molecule has 2 N–H and O–H groups in total. The standard InChI is InChI=1S/C23H16BrN3O4S/c1-31-19-10-9-13(24)11-18(19)20(28)26-23(32)25-14-5-4-6-15(12-14)27-21(29)16-7-2-3-8-17(16)22(27)30/h2-12H,1H3,(H2,25,26,28,32). The first-order chi connectivity index (χ1) is 15.4. The van der Waals surface area contributed by atoms with Crippen molar-refractivity contribution in [3.63, 3.8) is 0 Å². The second kappa shape index (κ2) is 8.89. The fourth-order valence-corrected chi connectivity index (χ4v) is 3.91. The monoisotopic (exact) mass is 509 g/mol. The molecule has 0 atom stereocenters. The molecule has 0 aliphatic carbocycles. The molecule has 0 spiro atoms. The van der Waals surface area contributed by atoms with E-state index in [2.05, 4.69) is 26.6 Å². The summed E-state index contributed by atoms with van der Waals surface area (Å²) in [5.41, 5.74) is 1.93. The number of nitrogens with one attached hydrogen (secondary N) is 2. The van der Waals surface area contributed by atoms with E-state index in [1.54, 1.807) is 66.7 Å². The van der Waals surface area contributed by atoms with E-state index < -0.39 is 5.91 Å². The largest absolute Gasteiger partial charge is 0.496 e. The maximum absolute atomic E-state index is 12.7. The van der Waals surface area contributed by atoms with Gasteiger partial charge in [0.25, 0.3) is 17.7 Å². The fourth-order valence-electron chi connectivity index (χ4n) is 3.34. The molecule has 0 radical (unpaired) electrons. The molecule has 0 saturated carbocycles. The van der Waals surface area contributed by atoms with Gasteiger partial charge in [-0.3, -0.25) is 19.7 Å². The number of imide groups is 1. The van der Waals surface area contributed by atoms with Gasteiger partial charge in [-0.25, -0.2) is 4.90 Å². The maximum atomic E-state index is 12.7. The molecule has 1 aliphatic rings. The molecule has 9 heteroatoms. The first kappa shape index (κ1) is 21.7. The molecule has 32 heavy (non-hydrogen) atoms. The summed E-state index contributed by atoms with van der Waals surface area (Å²) < 4.78 is 5.94. The average Bonchev–Trinajstić information content (AvgIpc) is 3.04. The Morgan fingerprint density at radius 3 is 2.31 bits per heavy atom. The summed E-state index contributed by atoms with van der Waals surface area (Å²) >= 11 is 8.59. The second-order valence-corrected chi connectivity index (χ2v) is 8.12. The Bertz CT molecular complexity index is 1240. The van der Waals surface area contributed by atoms with Crippen LogP contribution in [-0.2, 0) is 0 Å². The quantitative estimate of drug-likeness (QED) is 0.400. The summed E-state index contributed by atoms with van der Waals surface area (Å²) in [6, 6.07) is 18.4. The number of hydrogen-bond acceptors (Lipinski definition) is 5. The average molecular weight is 510 g/mol. The Labute approximate surface area is 197 Å². The van der Waals surface area contributed by atoms with Crippen LogP contribution in [0.5, 0.6) is 5.75 Å². The summed E-state index contributed by atoms with van der Waals surface area (Å²) in [6.07, 6.45) is 0. The van der Waals surface area contributed by atoms with Crippen molar-refractivity contribution in [1.82, 2.24) is 5.32 Å². The molecular weight excluding hydrogens is 494 g/mol. The predicted octanol–water partition coefficient (Wildman–Crippen LogP) is 4.39. The molecule has 0 saturated heterocycles. The predicted molar refractivity (Wildman–Crippen MR) is 128 cm³/mol. The summed E-state index contributed by atoms with van der Waals surface area (Å²) in [5, 5.41) is 5.56. The summed E-state index contributed by atoms with van der Waals surface area (Å²) in [4.78, 5) is 39.2. The highest BCUT2D eigenvalue weighted by Crippen LogP contribution is 2.29. The molecule has 1 aliphatic heterocycles. The van der Waals surface area contributed by atoms with Gasteiger partial charge in [-0.1, -0.05) is 34.1 Å². The number of fused-ring (bicyclic) bond motifs is 1. The van der Waals surface area contributed by atoms with Crippen LogP contribution in [0.15, 0.2) is 71.2 Å². The Balaban J connectivity index is 1.50. The normalized spacial score (nSPS) is 12.4. The van der Waals surface area contributed by atoms with Gasteiger partial charge in [-0.05, 0) is 60.7 Å². The highest BCUT2D eigenvalue weighted by atomic mass is 79.9. The zero-order valence-electron chi connectivity index (χ0n) is 16.7.